The molecule has 154 valence electrons. The summed E-state index contributed by atoms with van der Waals surface area (Å²) in [5.41, 5.74) is 2.33. The Labute approximate surface area is 179 Å². The minimum Gasteiger partial charge on any atom is -0.493 e. The Morgan fingerprint density at radius 3 is 2.40 bits per heavy atom. The van der Waals surface area contributed by atoms with Crippen LogP contribution in [-0.2, 0) is 4.79 Å². The van der Waals surface area contributed by atoms with Gasteiger partial charge in [0.15, 0.2) is 18.1 Å². The van der Waals surface area contributed by atoms with E-state index < -0.39 is 5.91 Å². The van der Waals surface area contributed by atoms with Crippen LogP contribution in [0.1, 0.15) is 15.9 Å². The summed E-state index contributed by atoms with van der Waals surface area (Å²) in [7, 11) is 1.54. The lowest BCUT2D eigenvalue weighted by Crippen LogP contribution is -2.23. The van der Waals surface area contributed by atoms with Crippen molar-refractivity contribution in [2.75, 3.05) is 24.4 Å². The number of anilines is 2. The number of rotatable bonds is 7. The average molecular weight is 425 g/mol. The molecule has 0 saturated carbocycles. The maximum atomic E-state index is 12.7. The van der Waals surface area contributed by atoms with Crippen molar-refractivity contribution in [2.45, 2.75) is 6.92 Å². The Bertz CT molecular complexity index is 1050. The zero-order valence-corrected chi connectivity index (χ0v) is 17.3. The third-order valence-electron chi connectivity index (χ3n) is 4.23. The minimum atomic E-state index is -0.399. The SMILES string of the molecule is COc1cc(C)ccc1OCC(=O)Nc1ccccc1C(=O)Nc1ccc(Cl)cc1. The lowest BCUT2D eigenvalue weighted by molar-refractivity contribution is -0.118. The van der Waals surface area contributed by atoms with Gasteiger partial charge in [-0.1, -0.05) is 29.8 Å². The standard InChI is InChI=1S/C23H21ClN2O4/c1-15-7-12-20(21(13-15)29-2)30-14-22(27)26-19-6-4-3-5-18(19)23(28)25-17-10-8-16(24)9-11-17/h3-13H,14H2,1-2H3,(H,25,28)(H,26,27). The lowest BCUT2D eigenvalue weighted by atomic mass is 10.1. The molecule has 0 bridgehead atoms. The van der Waals surface area contributed by atoms with Crippen LogP contribution in [0, 0.1) is 6.92 Å². The fourth-order valence-corrected chi connectivity index (χ4v) is 2.87. The molecular weight excluding hydrogens is 404 g/mol. The largest absolute Gasteiger partial charge is 0.493 e. The van der Waals surface area contributed by atoms with Crippen molar-refractivity contribution in [3.05, 3.63) is 82.9 Å². The number of hydrogen-bond donors (Lipinski definition) is 2. The smallest absolute Gasteiger partial charge is 0.262 e. The zero-order chi connectivity index (χ0) is 21.5. The molecule has 0 atom stereocenters. The third-order valence-corrected chi connectivity index (χ3v) is 4.48. The Balaban J connectivity index is 1.66. The molecule has 3 rings (SSSR count). The number of aryl methyl sites for hydroxylation is 1. The van der Waals surface area contributed by atoms with E-state index >= 15 is 0 Å². The number of carbonyl (C=O) groups is 2. The van der Waals surface area contributed by atoms with Gasteiger partial charge in [-0.15, -0.1) is 0 Å². The predicted molar refractivity (Wildman–Crippen MR) is 118 cm³/mol. The monoisotopic (exact) mass is 424 g/mol. The minimum absolute atomic E-state index is 0.230. The molecule has 0 aliphatic carbocycles. The van der Waals surface area contributed by atoms with E-state index in [4.69, 9.17) is 21.1 Å². The summed E-state index contributed by atoms with van der Waals surface area (Å²) in [5, 5.41) is 6.07. The van der Waals surface area contributed by atoms with Gasteiger partial charge in [0.1, 0.15) is 0 Å². The van der Waals surface area contributed by atoms with Gasteiger partial charge in [-0.2, -0.15) is 0 Å². The molecule has 6 nitrogen and oxygen atoms in total. The highest BCUT2D eigenvalue weighted by molar-refractivity contribution is 6.30. The van der Waals surface area contributed by atoms with E-state index in [0.29, 0.717) is 33.5 Å². The van der Waals surface area contributed by atoms with Crippen molar-refractivity contribution < 1.29 is 19.1 Å². The van der Waals surface area contributed by atoms with Crippen LogP contribution < -0.4 is 20.1 Å². The van der Waals surface area contributed by atoms with E-state index in [2.05, 4.69) is 10.6 Å². The number of carbonyl (C=O) groups excluding carboxylic acids is 2. The number of ether oxygens (including phenoxy) is 2. The first kappa shape index (κ1) is 21.2. The molecule has 0 unspecified atom stereocenters. The summed E-state index contributed by atoms with van der Waals surface area (Å²) >= 11 is 5.87. The Kier molecular flexibility index (Phi) is 6.93. The molecule has 0 fully saturated rings. The molecule has 3 aromatic rings. The number of benzene rings is 3. The quantitative estimate of drug-likeness (QED) is 0.564. The number of nitrogens with one attached hydrogen (secondary N) is 2. The van der Waals surface area contributed by atoms with Crippen molar-refractivity contribution in [3.63, 3.8) is 0 Å². The van der Waals surface area contributed by atoms with Gasteiger partial charge >= 0.3 is 0 Å². The third kappa shape index (κ3) is 5.52. The van der Waals surface area contributed by atoms with Gasteiger partial charge in [0.2, 0.25) is 0 Å². The first-order valence-corrected chi connectivity index (χ1v) is 9.57. The van der Waals surface area contributed by atoms with Crippen molar-refractivity contribution in [3.8, 4) is 11.5 Å². The molecule has 0 heterocycles. The molecule has 2 N–H and O–H groups in total. The summed E-state index contributed by atoms with van der Waals surface area (Å²) in [4.78, 5) is 25.1. The first-order valence-electron chi connectivity index (χ1n) is 9.19. The number of hydrogen-bond acceptors (Lipinski definition) is 4. The highest BCUT2D eigenvalue weighted by atomic mass is 35.5. The van der Waals surface area contributed by atoms with Crippen molar-refractivity contribution >= 4 is 34.8 Å². The van der Waals surface area contributed by atoms with Crippen molar-refractivity contribution in [2.24, 2.45) is 0 Å². The van der Waals surface area contributed by atoms with Crippen LogP contribution in [0.15, 0.2) is 66.7 Å². The van der Waals surface area contributed by atoms with E-state index in [1.807, 2.05) is 19.1 Å². The van der Waals surface area contributed by atoms with Crippen LogP contribution in [0.4, 0.5) is 11.4 Å². The molecule has 0 aliphatic heterocycles. The molecule has 0 saturated heterocycles. The summed E-state index contributed by atoms with van der Waals surface area (Å²) < 4.78 is 10.8. The highest BCUT2D eigenvalue weighted by Gasteiger charge is 2.14. The van der Waals surface area contributed by atoms with Gasteiger partial charge in [0.05, 0.1) is 18.4 Å². The van der Waals surface area contributed by atoms with Crippen LogP contribution in [0.2, 0.25) is 5.02 Å². The lowest BCUT2D eigenvalue weighted by Gasteiger charge is -2.13. The molecule has 0 aliphatic rings. The summed E-state index contributed by atoms with van der Waals surface area (Å²) in [6.07, 6.45) is 0. The molecule has 7 heteroatoms. The maximum absolute atomic E-state index is 12.7. The second kappa shape index (κ2) is 9.80. The van der Waals surface area contributed by atoms with E-state index in [9.17, 15) is 9.59 Å². The van der Waals surface area contributed by atoms with E-state index in [1.54, 1.807) is 54.6 Å². The van der Waals surface area contributed by atoms with Gasteiger partial charge < -0.3 is 20.1 Å². The van der Waals surface area contributed by atoms with E-state index in [-0.39, 0.29) is 12.5 Å². The number of para-hydroxylation sites is 1. The number of halogens is 1. The average Bonchev–Trinajstić information content (AvgIpc) is 2.74. The van der Waals surface area contributed by atoms with Crippen molar-refractivity contribution in [1.29, 1.82) is 0 Å². The Morgan fingerprint density at radius 1 is 0.933 bits per heavy atom. The Hall–Kier alpha value is -3.51. The van der Waals surface area contributed by atoms with Crippen LogP contribution in [0.25, 0.3) is 0 Å². The van der Waals surface area contributed by atoms with Crippen LogP contribution in [0.3, 0.4) is 0 Å². The molecule has 0 radical (unpaired) electrons. The van der Waals surface area contributed by atoms with Crippen LogP contribution in [0.5, 0.6) is 11.5 Å². The van der Waals surface area contributed by atoms with Gasteiger partial charge in [-0.25, -0.2) is 0 Å². The number of methoxy groups -OCH3 is 1. The molecule has 3 aromatic carbocycles. The summed E-state index contributed by atoms with van der Waals surface area (Å²) in [5.74, 6) is 0.260. The molecule has 0 aromatic heterocycles. The topological polar surface area (TPSA) is 76.7 Å². The normalized spacial score (nSPS) is 10.2. The molecule has 30 heavy (non-hydrogen) atoms. The Morgan fingerprint density at radius 2 is 1.67 bits per heavy atom. The first-order chi connectivity index (χ1) is 14.5. The fourth-order valence-electron chi connectivity index (χ4n) is 2.75. The van der Waals surface area contributed by atoms with Crippen LogP contribution >= 0.6 is 11.6 Å². The van der Waals surface area contributed by atoms with Gasteiger partial charge in [-0.05, 0) is 61.0 Å². The van der Waals surface area contributed by atoms with E-state index in [1.165, 1.54) is 7.11 Å². The van der Waals surface area contributed by atoms with Gasteiger partial charge in [0, 0.05) is 10.7 Å². The predicted octanol–water partition coefficient (Wildman–Crippen LogP) is 4.93. The zero-order valence-electron chi connectivity index (χ0n) is 16.6. The highest BCUT2D eigenvalue weighted by Crippen LogP contribution is 2.27. The van der Waals surface area contributed by atoms with Crippen LogP contribution in [-0.4, -0.2) is 25.5 Å². The summed E-state index contributed by atoms with van der Waals surface area (Å²) in [6, 6.07) is 18.9. The maximum Gasteiger partial charge on any atom is 0.262 e. The molecular formula is C23H21ClN2O4. The fraction of sp³-hybridized carbons (Fsp3) is 0.130. The van der Waals surface area contributed by atoms with Gasteiger partial charge in [0.25, 0.3) is 11.8 Å². The number of amides is 2. The molecule has 0 spiro atoms. The van der Waals surface area contributed by atoms with E-state index in [0.717, 1.165) is 5.56 Å². The molecule has 2 amide bonds. The van der Waals surface area contributed by atoms with Gasteiger partial charge in [-0.3, -0.25) is 9.59 Å². The summed E-state index contributed by atoms with van der Waals surface area (Å²) in [6.45, 7) is 1.71. The van der Waals surface area contributed by atoms with Crippen molar-refractivity contribution in [1.82, 2.24) is 0 Å². The second-order valence-corrected chi connectivity index (χ2v) is 6.93. The second-order valence-electron chi connectivity index (χ2n) is 6.50.